The number of oxime groups is 1. The fourth-order valence-corrected chi connectivity index (χ4v) is 3.18. The average Bonchev–Trinajstić information content (AvgIpc) is 3.05. The second-order valence-electron chi connectivity index (χ2n) is 4.46. The van der Waals surface area contributed by atoms with E-state index in [2.05, 4.69) is 10.5 Å². The molecule has 0 bridgehead atoms. The van der Waals surface area contributed by atoms with Gasteiger partial charge in [0.1, 0.15) is 16.5 Å². The number of rotatable bonds is 4. The lowest BCUT2D eigenvalue weighted by Gasteiger charge is -2.19. The van der Waals surface area contributed by atoms with E-state index in [4.69, 9.17) is 15.7 Å². The zero-order valence-corrected chi connectivity index (χ0v) is 11.4. The van der Waals surface area contributed by atoms with Crippen LogP contribution in [0.25, 0.3) is 0 Å². The number of nitrogens with zero attached hydrogens (tertiary/aromatic N) is 1. The van der Waals surface area contributed by atoms with E-state index in [1.54, 1.807) is 6.07 Å². The minimum atomic E-state index is -0.172. The molecule has 1 aromatic heterocycles. The molecule has 4 N–H and O–H groups in total. The summed E-state index contributed by atoms with van der Waals surface area (Å²) in [5.74, 6) is 0.483. The van der Waals surface area contributed by atoms with Gasteiger partial charge in [-0.2, -0.15) is 0 Å². The van der Waals surface area contributed by atoms with Crippen molar-refractivity contribution >= 4 is 23.1 Å². The topological polar surface area (TPSA) is 96.9 Å². The highest BCUT2D eigenvalue weighted by atomic mass is 32.1. The summed E-state index contributed by atoms with van der Waals surface area (Å²) in [6.45, 7) is 0. The molecule has 1 amide bonds. The van der Waals surface area contributed by atoms with Gasteiger partial charge >= 0.3 is 0 Å². The number of carbonyl (C=O) groups excluding carboxylic acids is 1. The Bertz CT molecular complexity index is 486. The van der Waals surface area contributed by atoms with Gasteiger partial charge < -0.3 is 21.0 Å². The Morgan fingerprint density at radius 2 is 2.42 bits per heavy atom. The highest BCUT2D eigenvalue weighted by molar-refractivity contribution is 7.12. The number of methoxy groups -OCH3 is 1. The van der Waals surface area contributed by atoms with Gasteiger partial charge in [-0.05, 0) is 24.3 Å². The summed E-state index contributed by atoms with van der Waals surface area (Å²) < 4.78 is 5.13. The van der Waals surface area contributed by atoms with Crippen LogP contribution in [0.1, 0.15) is 28.9 Å². The first-order valence-corrected chi connectivity index (χ1v) is 6.95. The number of carbonyl (C=O) groups is 1. The molecule has 6 nitrogen and oxygen atoms in total. The van der Waals surface area contributed by atoms with Gasteiger partial charge in [-0.25, -0.2) is 0 Å². The van der Waals surface area contributed by atoms with Crippen LogP contribution >= 0.6 is 11.3 Å². The molecule has 2 unspecified atom stereocenters. The molecule has 0 aliphatic heterocycles. The molecule has 0 saturated heterocycles. The van der Waals surface area contributed by atoms with Gasteiger partial charge in [0.2, 0.25) is 0 Å². The highest BCUT2D eigenvalue weighted by Gasteiger charge is 2.32. The summed E-state index contributed by atoms with van der Waals surface area (Å²) in [7, 11) is 1.54. The maximum Gasteiger partial charge on any atom is 0.265 e. The van der Waals surface area contributed by atoms with E-state index >= 15 is 0 Å². The first kappa shape index (κ1) is 13.7. The van der Waals surface area contributed by atoms with E-state index in [0.29, 0.717) is 10.6 Å². The maximum absolute atomic E-state index is 12.2. The molecule has 1 heterocycles. The number of hydrogen-bond donors (Lipinski definition) is 3. The quantitative estimate of drug-likeness (QED) is 0.337. The SMILES string of the molecule is COc1ccsc1C(=O)NC1CCCC1/C(N)=N/O. The molecule has 7 heteroatoms. The predicted octanol–water partition coefficient (Wildman–Crippen LogP) is 1.40. The molecule has 0 aromatic carbocycles. The van der Waals surface area contributed by atoms with Crippen LogP contribution in [-0.4, -0.2) is 30.1 Å². The second kappa shape index (κ2) is 5.92. The van der Waals surface area contributed by atoms with Crippen LogP contribution in [0.2, 0.25) is 0 Å². The summed E-state index contributed by atoms with van der Waals surface area (Å²) in [6, 6.07) is 1.67. The number of amides is 1. The van der Waals surface area contributed by atoms with Crippen LogP contribution in [0.3, 0.4) is 0 Å². The Morgan fingerprint density at radius 3 is 3.11 bits per heavy atom. The molecule has 2 atom stereocenters. The first-order chi connectivity index (χ1) is 9.17. The Kier molecular flexibility index (Phi) is 4.26. The van der Waals surface area contributed by atoms with Crippen molar-refractivity contribution in [1.82, 2.24) is 5.32 Å². The Morgan fingerprint density at radius 1 is 1.63 bits per heavy atom. The lowest BCUT2D eigenvalue weighted by atomic mass is 10.0. The molecule has 1 fully saturated rings. The largest absolute Gasteiger partial charge is 0.495 e. The smallest absolute Gasteiger partial charge is 0.265 e. The molecule has 104 valence electrons. The third-order valence-corrected chi connectivity index (χ3v) is 4.28. The van der Waals surface area contributed by atoms with Crippen molar-refractivity contribution in [2.45, 2.75) is 25.3 Å². The van der Waals surface area contributed by atoms with E-state index in [1.165, 1.54) is 18.4 Å². The van der Waals surface area contributed by atoms with Gasteiger partial charge in [-0.1, -0.05) is 11.6 Å². The minimum absolute atomic E-state index is 0.0878. The number of ether oxygens (including phenoxy) is 1. The normalized spacial score (nSPS) is 23.3. The molecule has 1 aromatic rings. The van der Waals surface area contributed by atoms with Crippen molar-refractivity contribution in [2.75, 3.05) is 7.11 Å². The van der Waals surface area contributed by atoms with Gasteiger partial charge in [0.15, 0.2) is 0 Å². The van der Waals surface area contributed by atoms with Crippen LogP contribution in [0.15, 0.2) is 16.6 Å². The molecule has 1 aliphatic rings. The molecular formula is C12H17N3O3S. The standard InChI is InChI=1S/C12H17N3O3S/c1-18-9-5-6-19-10(9)12(16)14-8-4-2-3-7(8)11(13)15-17/h5-8,17H,2-4H2,1H3,(H2,13,15)(H,14,16). The van der Waals surface area contributed by atoms with Gasteiger partial charge in [-0.15, -0.1) is 11.3 Å². The summed E-state index contributed by atoms with van der Waals surface area (Å²) in [5.41, 5.74) is 5.65. The zero-order valence-electron chi connectivity index (χ0n) is 10.6. The van der Waals surface area contributed by atoms with Crippen molar-refractivity contribution < 1.29 is 14.7 Å². The zero-order chi connectivity index (χ0) is 13.8. The van der Waals surface area contributed by atoms with E-state index in [9.17, 15) is 4.79 Å². The van der Waals surface area contributed by atoms with Crippen LogP contribution in [0.5, 0.6) is 5.75 Å². The molecule has 0 radical (unpaired) electrons. The van der Waals surface area contributed by atoms with Crippen molar-refractivity contribution in [1.29, 1.82) is 0 Å². The van der Waals surface area contributed by atoms with Gasteiger partial charge in [0, 0.05) is 12.0 Å². The minimum Gasteiger partial charge on any atom is -0.495 e. The number of thiophene rings is 1. The van der Waals surface area contributed by atoms with Crippen LogP contribution in [-0.2, 0) is 0 Å². The van der Waals surface area contributed by atoms with Crippen molar-refractivity contribution in [3.63, 3.8) is 0 Å². The molecule has 19 heavy (non-hydrogen) atoms. The molecule has 2 rings (SSSR count). The molecule has 1 aliphatic carbocycles. The average molecular weight is 283 g/mol. The summed E-state index contributed by atoms with van der Waals surface area (Å²) >= 11 is 1.33. The monoisotopic (exact) mass is 283 g/mol. The third kappa shape index (κ3) is 2.81. The predicted molar refractivity (Wildman–Crippen MR) is 72.9 cm³/mol. The van der Waals surface area contributed by atoms with Gasteiger partial charge in [0.05, 0.1) is 7.11 Å². The lowest BCUT2D eigenvalue weighted by Crippen LogP contribution is -2.42. The summed E-state index contributed by atoms with van der Waals surface area (Å²) in [6.07, 6.45) is 2.61. The van der Waals surface area contributed by atoms with Crippen LogP contribution < -0.4 is 15.8 Å². The Hall–Kier alpha value is -1.76. The third-order valence-electron chi connectivity index (χ3n) is 3.38. The number of nitrogens with two attached hydrogens (primary N) is 1. The Labute approximate surface area is 115 Å². The summed E-state index contributed by atoms with van der Waals surface area (Å²) in [5, 5.41) is 16.5. The molecular weight excluding hydrogens is 266 g/mol. The fourth-order valence-electron chi connectivity index (χ4n) is 2.42. The Balaban J connectivity index is 2.06. The first-order valence-electron chi connectivity index (χ1n) is 6.07. The number of nitrogens with one attached hydrogen (secondary N) is 1. The number of amidine groups is 1. The summed E-state index contributed by atoms with van der Waals surface area (Å²) in [4.78, 5) is 12.7. The fraction of sp³-hybridized carbons (Fsp3) is 0.500. The maximum atomic E-state index is 12.2. The molecule has 1 saturated carbocycles. The number of hydrogen-bond acceptors (Lipinski definition) is 5. The second-order valence-corrected chi connectivity index (χ2v) is 5.38. The highest BCUT2D eigenvalue weighted by Crippen LogP contribution is 2.28. The van der Waals surface area contributed by atoms with Crippen LogP contribution in [0.4, 0.5) is 0 Å². The van der Waals surface area contributed by atoms with Crippen LogP contribution in [0, 0.1) is 5.92 Å². The van der Waals surface area contributed by atoms with E-state index in [-0.39, 0.29) is 23.7 Å². The van der Waals surface area contributed by atoms with Crippen molar-refractivity contribution in [2.24, 2.45) is 16.8 Å². The van der Waals surface area contributed by atoms with Crippen molar-refractivity contribution in [3.05, 3.63) is 16.3 Å². The van der Waals surface area contributed by atoms with Gasteiger partial charge in [0.25, 0.3) is 5.91 Å². The van der Waals surface area contributed by atoms with Crippen molar-refractivity contribution in [3.8, 4) is 5.75 Å². The van der Waals surface area contributed by atoms with E-state index < -0.39 is 0 Å². The van der Waals surface area contributed by atoms with E-state index in [0.717, 1.165) is 19.3 Å². The van der Waals surface area contributed by atoms with E-state index in [1.807, 2.05) is 5.38 Å². The molecule has 0 spiro atoms. The lowest BCUT2D eigenvalue weighted by molar-refractivity contribution is 0.0934. The van der Waals surface area contributed by atoms with Gasteiger partial charge in [-0.3, -0.25) is 4.79 Å².